The van der Waals surface area contributed by atoms with Gasteiger partial charge in [-0.15, -0.1) is 0 Å². The quantitative estimate of drug-likeness (QED) is 0.859. The number of carbonyl (C=O) groups excluding carboxylic acids is 1. The fraction of sp³-hybridized carbons (Fsp3) is 0.500. The minimum Gasteiger partial charge on any atom is -0.392 e. The van der Waals surface area contributed by atoms with Crippen LogP contribution in [0.3, 0.4) is 0 Å². The Balaban J connectivity index is 1.90. The van der Waals surface area contributed by atoms with E-state index in [0.29, 0.717) is 12.1 Å². The molecule has 2 rings (SSSR count). The second-order valence-electron chi connectivity index (χ2n) is 4.56. The van der Waals surface area contributed by atoms with Gasteiger partial charge >= 0.3 is 0 Å². The van der Waals surface area contributed by atoms with Crippen LogP contribution in [0.15, 0.2) is 24.3 Å². The SMILES string of the molecule is O=C(CC1CCCCO1)Nc1ccccc1CO. The molecule has 4 heteroatoms. The zero-order valence-corrected chi connectivity index (χ0v) is 10.4. The first-order valence-corrected chi connectivity index (χ1v) is 6.40. The standard InChI is InChI=1S/C14H19NO3/c16-10-11-5-1-2-7-13(11)15-14(17)9-12-6-3-4-8-18-12/h1-2,5,7,12,16H,3-4,6,8-10H2,(H,15,17). The van der Waals surface area contributed by atoms with Gasteiger partial charge in [-0.25, -0.2) is 0 Å². The Bertz CT molecular complexity index is 400. The molecule has 0 radical (unpaired) electrons. The molecular weight excluding hydrogens is 230 g/mol. The number of aliphatic hydroxyl groups excluding tert-OH is 1. The van der Waals surface area contributed by atoms with E-state index in [9.17, 15) is 9.90 Å². The lowest BCUT2D eigenvalue weighted by molar-refractivity contribution is -0.119. The topological polar surface area (TPSA) is 58.6 Å². The smallest absolute Gasteiger partial charge is 0.226 e. The van der Waals surface area contributed by atoms with Crippen LogP contribution in [0.25, 0.3) is 0 Å². The highest BCUT2D eigenvalue weighted by Gasteiger charge is 2.18. The van der Waals surface area contributed by atoms with Crippen molar-refractivity contribution in [2.24, 2.45) is 0 Å². The van der Waals surface area contributed by atoms with Crippen LogP contribution in [0.5, 0.6) is 0 Å². The van der Waals surface area contributed by atoms with Crippen molar-refractivity contribution >= 4 is 11.6 Å². The monoisotopic (exact) mass is 249 g/mol. The fourth-order valence-corrected chi connectivity index (χ4v) is 2.16. The summed E-state index contributed by atoms with van der Waals surface area (Å²) in [5.74, 6) is -0.0530. The van der Waals surface area contributed by atoms with E-state index in [4.69, 9.17) is 4.74 Å². The van der Waals surface area contributed by atoms with Gasteiger partial charge in [-0.05, 0) is 25.3 Å². The third kappa shape index (κ3) is 3.55. The number of hydrogen-bond acceptors (Lipinski definition) is 3. The molecule has 1 saturated heterocycles. The normalized spacial score (nSPS) is 19.5. The van der Waals surface area contributed by atoms with E-state index in [1.54, 1.807) is 12.1 Å². The highest BCUT2D eigenvalue weighted by atomic mass is 16.5. The summed E-state index contributed by atoms with van der Waals surface area (Å²) in [4.78, 5) is 11.9. The number of benzene rings is 1. The Labute approximate surface area is 107 Å². The first-order valence-electron chi connectivity index (χ1n) is 6.40. The Morgan fingerprint density at radius 2 is 2.22 bits per heavy atom. The molecule has 1 fully saturated rings. The lowest BCUT2D eigenvalue weighted by atomic mass is 10.1. The lowest BCUT2D eigenvalue weighted by Gasteiger charge is -2.22. The molecular formula is C14H19NO3. The molecule has 1 aromatic rings. The number of hydrogen-bond donors (Lipinski definition) is 2. The predicted octanol–water partition coefficient (Wildman–Crippen LogP) is 2.08. The number of aliphatic hydroxyl groups is 1. The average Bonchev–Trinajstić information content (AvgIpc) is 2.40. The maximum Gasteiger partial charge on any atom is 0.226 e. The van der Waals surface area contributed by atoms with Crippen LogP contribution in [0.4, 0.5) is 5.69 Å². The molecule has 1 amide bonds. The van der Waals surface area contributed by atoms with E-state index in [-0.39, 0.29) is 18.6 Å². The van der Waals surface area contributed by atoms with Gasteiger partial charge in [-0.3, -0.25) is 4.79 Å². The van der Waals surface area contributed by atoms with Crippen LogP contribution >= 0.6 is 0 Å². The molecule has 2 N–H and O–H groups in total. The Morgan fingerprint density at radius 1 is 1.39 bits per heavy atom. The first kappa shape index (κ1) is 13.1. The van der Waals surface area contributed by atoms with E-state index < -0.39 is 0 Å². The number of ether oxygens (including phenoxy) is 1. The number of rotatable bonds is 4. The molecule has 0 spiro atoms. The van der Waals surface area contributed by atoms with Crippen molar-refractivity contribution in [2.75, 3.05) is 11.9 Å². The van der Waals surface area contributed by atoms with Crippen LogP contribution in [-0.2, 0) is 16.1 Å². The zero-order valence-electron chi connectivity index (χ0n) is 10.4. The molecule has 18 heavy (non-hydrogen) atoms. The van der Waals surface area contributed by atoms with E-state index in [1.807, 2.05) is 12.1 Å². The molecule has 98 valence electrons. The molecule has 1 heterocycles. The fourth-order valence-electron chi connectivity index (χ4n) is 2.16. The van der Waals surface area contributed by atoms with Crippen molar-refractivity contribution in [3.05, 3.63) is 29.8 Å². The van der Waals surface area contributed by atoms with Gasteiger partial charge in [0.25, 0.3) is 0 Å². The van der Waals surface area contributed by atoms with Crippen LogP contribution in [-0.4, -0.2) is 23.7 Å². The van der Waals surface area contributed by atoms with Gasteiger partial charge in [-0.2, -0.15) is 0 Å². The minimum atomic E-state index is -0.0730. The summed E-state index contributed by atoms with van der Waals surface area (Å²) in [6.45, 7) is 0.682. The summed E-state index contributed by atoms with van der Waals surface area (Å²) < 4.78 is 5.53. The summed E-state index contributed by atoms with van der Waals surface area (Å²) in [7, 11) is 0. The van der Waals surface area contributed by atoms with Crippen LogP contribution in [0.1, 0.15) is 31.2 Å². The van der Waals surface area contributed by atoms with Crippen molar-refractivity contribution in [3.8, 4) is 0 Å². The maximum absolute atomic E-state index is 11.9. The molecule has 1 unspecified atom stereocenters. The molecule has 1 aliphatic heterocycles. The Kier molecular flexibility index (Phi) is 4.73. The number of carbonyl (C=O) groups is 1. The zero-order chi connectivity index (χ0) is 12.8. The molecule has 1 atom stereocenters. The van der Waals surface area contributed by atoms with Gasteiger partial charge in [0.2, 0.25) is 5.91 Å². The molecule has 1 aliphatic rings. The van der Waals surface area contributed by atoms with Gasteiger partial charge in [0.15, 0.2) is 0 Å². The van der Waals surface area contributed by atoms with Crippen LogP contribution in [0, 0.1) is 0 Å². The predicted molar refractivity (Wildman–Crippen MR) is 69.2 cm³/mol. The van der Waals surface area contributed by atoms with E-state index >= 15 is 0 Å². The van der Waals surface area contributed by atoms with Crippen LogP contribution in [0.2, 0.25) is 0 Å². The first-order chi connectivity index (χ1) is 8.79. The highest BCUT2D eigenvalue weighted by molar-refractivity contribution is 5.91. The third-order valence-electron chi connectivity index (χ3n) is 3.15. The molecule has 0 saturated carbocycles. The van der Waals surface area contributed by atoms with Crippen molar-refractivity contribution in [1.29, 1.82) is 0 Å². The van der Waals surface area contributed by atoms with Crippen molar-refractivity contribution in [3.63, 3.8) is 0 Å². The van der Waals surface area contributed by atoms with Crippen LogP contribution < -0.4 is 5.32 Å². The number of anilines is 1. The Hall–Kier alpha value is -1.39. The summed E-state index contributed by atoms with van der Waals surface area (Å²) >= 11 is 0. The molecule has 0 bridgehead atoms. The Morgan fingerprint density at radius 3 is 2.94 bits per heavy atom. The van der Waals surface area contributed by atoms with Gasteiger partial charge in [0.1, 0.15) is 0 Å². The van der Waals surface area contributed by atoms with Crippen molar-refractivity contribution in [1.82, 2.24) is 0 Å². The van der Waals surface area contributed by atoms with Gasteiger partial charge in [0, 0.05) is 17.9 Å². The van der Waals surface area contributed by atoms with E-state index in [1.165, 1.54) is 0 Å². The largest absolute Gasteiger partial charge is 0.392 e. The van der Waals surface area contributed by atoms with Gasteiger partial charge in [-0.1, -0.05) is 18.2 Å². The third-order valence-corrected chi connectivity index (χ3v) is 3.15. The number of para-hydroxylation sites is 1. The summed E-state index contributed by atoms with van der Waals surface area (Å²) in [5, 5.41) is 12.0. The van der Waals surface area contributed by atoms with Crippen molar-refractivity contribution in [2.45, 2.75) is 38.4 Å². The highest BCUT2D eigenvalue weighted by Crippen LogP contribution is 2.18. The van der Waals surface area contributed by atoms with E-state index in [0.717, 1.165) is 31.4 Å². The molecule has 1 aromatic carbocycles. The second kappa shape index (κ2) is 6.52. The molecule has 0 aliphatic carbocycles. The molecule has 0 aromatic heterocycles. The average molecular weight is 249 g/mol. The summed E-state index contributed by atoms with van der Waals surface area (Å²) in [5.41, 5.74) is 1.41. The van der Waals surface area contributed by atoms with Gasteiger partial charge in [0.05, 0.1) is 19.1 Å². The maximum atomic E-state index is 11.9. The van der Waals surface area contributed by atoms with Crippen molar-refractivity contribution < 1.29 is 14.6 Å². The summed E-state index contributed by atoms with van der Waals surface area (Å²) in [6.07, 6.45) is 3.60. The van der Waals surface area contributed by atoms with E-state index in [2.05, 4.69) is 5.32 Å². The second-order valence-corrected chi connectivity index (χ2v) is 4.56. The lowest BCUT2D eigenvalue weighted by Crippen LogP contribution is -2.25. The molecule has 4 nitrogen and oxygen atoms in total. The number of amides is 1. The summed E-state index contributed by atoms with van der Waals surface area (Å²) in [6, 6.07) is 7.27. The van der Waals surface area contributed by atoms with Gasteiger partial charge < -0.3 is 15.2 Å². The number of nitrogens with one attached hydrogen (secondary N) is 1. The minimum absolute atomic E-state index is 0.0417.